The maximum absolute atomic E-state index is 11.9. The van der Waals surface area contributed by atoms with E-state index in [0.717, 1.165) is 39.6 Å². The number of halogens is 1. The third-order valence-electron chi connectivity index (χ3n) is 3.59. The lowest BCUT2D eigenvalue weighted by Crippen LogP contribution is -2.32. The fourth-order valence-corrected chi connectivity index (χ4v) is 3.87. The van der Waals surface area contributed by atoms with Crippen molar-refractivity contribution in [3.8, 4) is 0 Å². The van der Waals surface area contributed by atoms with Gasteiger partial charge in [-0.05, 0) is 42.1 Å². The standard InChI is InChI=1S/C15H15ClN2OS/c1-17-13(14-12(16)5-7-20-14)10-3-2-9-4-6-18-15(19)11(9)8-10/h2-3,5,7-8,13,17H,4,6H2,1H3,(H,18,19). The number of thiophene rings is 1. The second-order valence-corrected chi connectivity index (χ2v) is 6.13. The van der Waals surface area contributed by atoms with Crippen LogP contribution in [-0.2, 0) is 6.42 Å². The largest absolute Gasteiger partial charge is 0.352 e. The topological polar surface area (TPSA) is 41.1 Å². The number of hydrogen-bond acceptors (Lipinski definition) is 3. The number of amides is 1. The summed E-state index contributed by atoms with van der Waals surface area (Å²) in [6, 6.07) is 8.02. The third-order valence-corrected chi connectivity index (χ3v) is 5.01. The molecule has 1 aromatic carbocycles. The van der Waals surface area contributed by atoms with Gasteiger partial charge in [0.05, 0.1) is 11.1 Å². The van der Waals surface area contributed by atoms with Crippen molar-refractivity contribution in [2.45, 2.75) is 12.5 Å². The summed E-state index contributed by atoms with van der Waals surface area (Å²) >= 11 is 7.85. The van der Waals surface area contributed by atoms with Gasteiger partial charge >= 0.3 is 0 Å². The molecule has 1 amide bonds. The molecular formula is C15H15ClN2OS. The first kappa shape index (κ1) is 13.6. The Morgan fingerprint density at radius 3 is 2.95 bits per heavy atom. The van der Waals surface area contributed by atoms with E-state index in [9.17, 15) is 4.79 Å². The molecular weight excluding hydrogens is 292 g/mol. The van der Waals surface area contributed by atoms with Crippen LogP contribution in [0.25, 0.3) is 0 Å². The normalized spacial score (nSPS) is 15.6. The third kappa shape index (κ3) is 2.35. The van der Waals surface area contributed by atoms with Gasteiger partial charge < -0.3 is 10.6 Å². The average Bonchev–Trinajstić information content (AvgIpc) is 2.87. The lowest BCUT2D eigenvalue weighted by molar-refractivity contribution is 0.0946. The van der Waals surface area contributed by atoms with Gasteiger partial charge in [-0.3, -0.25) is 4.79 Å². The van der Waals surface area contributed by atoms with Gasteiger partial charge in [-0.15, -0.1) is 11.3 Å². The summed E-state index contributed by atoms with van der Waals surface area (Å²) < 4.78 is 0. The van der Waals surface area contributed by atoms with Crippen LogP contribution >= 0.6 is 22.9 Å². The maximum Gasteiger partial charge on any atom is 0.251 e. The van der Waals surface area contributed by atoms with Crippen molar-refractivity contribution in [2.75, 3.05) is 13.6 Å². The van der Waals surface area contributed by atoms with Gasteiger partial charge in [0, 0.05) is 17.0 Å². The number of rotatable bonds is 3. The van der Waals surface area contributed by atoms with Crippen LogP contribution in [0.4, 0.5) is 0 Å². The number of carbonyl (C=O) groups is 1. The molecule has 2 N–H and O–H groups in total. The molecule has 1 aliphatic rings. The Kier molecular flexibility index (Phi) is 3.78. The highest BCUT2D eigenvalue weighted by Crippen LogP contribution is 2.33. The molecule has 1 atom stereocenters. The van der Waals surface area contributed by atoms with Gasteiger partial charge in [-0.25, -0.2) is 0 Å². The van der Waals surface area contributed by atoms with E-state index in [0.29, 0.717) is 0 Å². The van der Waals surface area contributed by atoms with Crippen LogP contribution in [-0.4, -0.2) is 19.5 Å². The van der Waals surface area contributed by atoms with Gasteiger partial charge in [-0.1, -0.05) is 23.7 Å². The van der Waals surface area contributed by atoms with E-state index in [2.05, 4.69) is 22.8 Å². The summed E-state index contributed by atoms with van der Waals surface area (Å²) in [7, 11) is 1.90. The first-order chi connectivity index (χ1) is 9.70. The average molecular weight is 307 g/mol. The molecule has 5 heteroatoms. The zero-order valence-corrected chi connectivity index (χ0v) is 12.6. The van der Waals surface area contributed by atoms with E-state index in [4.69, 9.17) is 11.6 Å². The number of nitrogens with one attached hydrogen (secondary N) is 2. The zero-order chi connectivity index (χ0) is 14.1. The molecule has 3 nitrogen and oxygen atoms in total. The molecule has 0 radical (unpaired) electrons. The van der Waals surface area contributed by atoms with E-state index < -0.39 is 0 Å². The second-order valence-electron chi connectivity index (χ2n) is 4.78. The second kappa shape index (κ2) is 5.56. The van der Waals surface area contributed by atoms with Crippen LogP contribution in [0.2, 0.25) is 5.02 Å². The van der Waals surface area contributed by atoms with Crippen LogP contribution in [0.5, 0.6) is 0 Å². The van der Waals surface area contributed by atoms with Crippen LogP contribution < -0.4 is 10.6 Å². The molecule has 0 bridgehead atoms. The highest BCUT2D eigenvalue weighted by molar-refractivity contribution is 7.10. The molecule has 20 heavy (non-hydrogen) atoms. The van der Waals surface area contributed by atoms with Gasteiger partial charge in [0.1, 0.15) is 0 Å². The molecule has 2 aromatic rings. The quantitative estimate of drug-likeness (QED) is 0.915. The minimum absolute atomic E-state index is 0.0141. The highest BCUT2D eigenvalue weighted by atomic mass is 35.5. The van der Waals surface area contributed by atoms with Crippen molar-refractivity contribution < 1.29 is 4.79 Å². The number of hydrogen-bond donors (Lipinski definition) is 2. The number of fused-ring (bicyclic) bond motifs is 1. The Morgan fingerprint density at radius 2 is 2.25 bits per heavy atom. The molecule has 104 valence electrons. The molecule has 0 fully saturated rings. The fraction of sp³-hybridized carbons (Fsp3) is 0.267. The van der Waals surface area contributed by atoms with Crippen LogP contribution in [0.15, 0.2) is 29.6 Å². The minimum Gasteiger partial charge on any atom is -0.352 e. The molecule has 0 spiro atoms. The lowest BCUT2D eigenvalue weighted by atomic mass is 9.95. The van der Waals surface area contributed by atoms with Crippen LogP contribution in [0.1, 0.15) is 32.4 Å². The predicted octanol–water partition coefficient (Wildman–Crippen LogP) is 3.00. The molecule has 1 aliphatic heterocycles. The van der Waals surface area contributed by atoms with Gasteiger partial charge in [-0.2, -0.15) is 0 Å². The van der Waals surface area contributed by atoms with Crippen molar-refractivity contribution in [1.82, 2.24) is 10.6 Å². The molecule has 0 saturated carbocycles. The molecule has 0 aliphatic carbocycles. The van der Waals surface area contributed by atoms with Crippen molar-refractivity contribution >= 4 is 28.8 Å². The Labute approximate surface area is 127 Å². The van der Waals surface area contributed by atoms with Crippen molar-refractivity contribution in [3.63, 3.8) is 0 Å². The summed E-state index contributed by atoms with van der Waals surface area (Å²) in [4.78, 5) is 13.0. The Hall–Kier alpha value is -1.36. The predicted molar refractivity (Wildman–Crippen MR) is 82.7 cm³/mol. The van der Waals surface area contributed by atoms with Gasteiger partial charge in [0.25, 0.3) is 5.91 Å². The highest BCUT2D eigenvalue weighted by Gasteiger charge is 2.21. The zero-order valence-electron chi connectivity index (χ0n) is 11.1. The SMILES string of the molecule is CNC(c1ccc2c(c1)C(=O)NCC2)c1sccc1Cl. The fourth-order valence-electron chi connectivity index (χ4n) is 2.57. The summed E-state index contributed by atoms with van der Waals surface area (Å²) in [5.74, 6) is 0.0141. The van der Waals surface area contributed by atoms with E-state index >= 15 is 0 Å². The Bertz CT molecular complexity index is 653. The molecule has 2 heterocycles. The Balaban J connectivity index is 2.03. The summed E-state index contributed by atoms with van der Waals surface area (Å²) in [5.41, 5.74) is 2.96. The van der Waals surface area contributed by atoms with Crippen LogP contribution in [0, 0.1) is 0 Å². The van der Waals surface area contributed by atoms with Crippen molar-refractivity contribution in [2.24, 2.45) is 0 Å². The summed E-state index contributed by atoms with van der Waals surface area (Å²) in [6.45, 7) is 0.720. The van der Waals surface area contributed by atoms with Crippen molar-refractivity contribution in [1.29, 1.82) is 0 Å². The summed E-state index contributed by atoms with van der Waals surface area (Å²) in [5, 5.41) is 8.90. The van der Waals surface area contributed by atoms with E-state index in [-0.39, 0.29) is 11.9 Å². The number of carbonyl (C=O) groups excluding carboxylic acids is 1. The first-order valence-electron chi connectivity index (χ1n) is 6.52. The van der Waals surface area contributed by atoms with E-state index in [1.54, 1.807) is 11.3 Å². The lowest BCUT2D eigenvalue weighted by Gasteiger charge is -2.21. The smallest absolute Gasteiger partial charge is 0.251 e. The monoisotopic (exact) mass is 306 g/mol. The molecule has 1 unspecified atom stereocenters. The Morgan fingerprint density at radius 1 is 1.40 bits per heavy atom. The summed E-state index contributed by atoms with van der Waals surface area (Å²) in [6.07, 6.45) is 0.894. The van der Waals surface area contributed by atoms with Gasteiger partial charge in [0.2, 0.25) is 0 Å². The van der Waals surface area contributed by atoms with Crippen molar-refractivity contribution in [3.05, 3.63) is 56.2 Å². The van der Waals surface area contributed by atoms with Crippen LogP contribution in [0.3, 0.4) is 0 Å². The number of benzene rings is 1. The first-order valence-corrected chi connectivity index (χ1v) is 7.77. The van der Waals surface area contributed by atoms with E-state index in [1.807, 2.05) is 24.6 Å². The van der Waals surface area contributed by atoms with Gasteiger partial charge in [0.15, 0.2) is 0 Å². The molecule has 0 saturated heterocycles. The minimum atomic E-state index is 0.0141. The molecule has 1 aromatic heterocycles. The maximum atomic E-state index is 11.9. The van der Waals surface area contributed by atoms with E-state index in [1.165, 1.54) is 0 Å². The molecule has 3 rings (SSSR count).